The molecule has 1 fully saturated rings. The first-order valence-corrected chi connectivity index (χ1v) is 11.7. The van der Waals surface area contributed by atoms with Crippen molar-refractivity contribution in [2.45, 2.75) is 20.3 Å². The highest BCUT2D eigenvalue weighted by atomic mass is 16.5. The second kappa shape index (κ2) is 13.3. The highest BCUT2D eigenvalue weighted by Crippen LogP contribution is 2.33. The van der Waals surface area contributed by atoms with Crippen LogP contribution >= 0.6 is 0 Å². The van der Waals surface area contributed by atoms with Gasteiger partial charge in [-0.25, -0.2) is 9.97 Å². The fraction of sp³-hybridized carbons (Fsp3) is 0.346. The molecule has 3 aromatic rings. The van der Waals surface area contributed by atoms with Gasteiger partial charge in [-0.2, -0.15) is 0 Å². The number of aromatic nitrogens is 2. The Morgan fingerprint density at radius 2 is 1.94 bits per heavy atom. The van der Waals surface area contributed by atoms with Gasteiger partial charge in [0.15, 0.2) is 0 Å². The van der Waals surface area contributed by atoms with Crippen molar-refractivity contribution < 1.29 is 14.3 Å². The number of carbonyl (C=O) groups is 1. The zero-order valence-electron chi connectivity index (χ0n) is 19.9. The zero-order chi connectivity index (χ0) is 24.2. The van der Waals surface area contributed by atoms with Crippen molar-refractivity contribution in [3.63, 3.8) is 0 Å². The number of para-hydroxylation sites is 1. The van der Waals surface area contributed by atoms with Gasteiger partial charge in [-0.3, -0.25) is 9.69 Å². The van der Waals surface area contributed by atoms with Gasteiger partial charge in [0.1, 0.15) is 17.9 Å². The van der Waals surface area contributed by atoms with Crippen LogP contribution in [0.2, 0.25) is 0 Å². The van der Waals surface area contributed by atoms with Crippen LogP contribution in [0.15, 0.2) is 61.4 Å². The number of anilines is 3. The van der Waals surface area contributed by atoms with Gasteiger partial charge in [0, 0.05) is 36.8 Å². The maximum Gasteiger partial charge on any atom is 0.247 e. The number of rotatable bonds is 9. The van der Waals surface area contributed by atoms with Gasteiger partial charge in [-0.15, -0.1) is 0 Å². The molecule has 0 atom stereocenters. The zero-order valence-corrected chi connectivity index (χ0v) is 19.9. The van der Waals surface area contributed by atoms with E-state index in [1.54, 1.807) is 0 Å². The number of fused-ring (bicyclic) bond motifs is 1. The summed E-state index contributed by atoms with van der Waals surface area (Å²) in [5.74, 6) is 0.908. The van der Waals surface area contributed by atoms with Crippen LogP contribution in [0.4, 0.5) is 17.2 Å². The molecule has 0 aliphatic carbocycles. The molecule has 0 saturated carbocycles. The Labute approximate surface area is 201 Å². The molecule has 0 radical (unpaired) electrons. The first kappa shape index (κ1) is 25.1. The third kappa shape index (κ3) is 7.00. The summed E-state index contributed by atoms with van der Waals surface area (Å²) in [6, 6.07) is 13.4. The highest BCUT2D eigenvalue weighted by molar-refractivity contribution is 6.03. The average Bonchev–Trinajstić information content (AvgIpc) is 2.89. The minimum Gasteiger partial charge on any atom is -0.491 e. The Morgan fingerprint density at radius 1 is 1.18 bits per heavy atom. The molecular formula is C26H33N5O3. The SMILES string of the molecule is C=CC(=O)Nc1cc2c(Nc3ccccc3)ncnc2cc1OCCCN1CCOCC1.CC. The van der Waals surface area contributed by atoms with Crippen LogP contribution in [-0.4, -0.2) is 60.2 Å². The molecule has 1 aliphatic rings. The second-order valence-corrected chi connectivity index (χ2v) is 7.43. The molecule has 2 heterocycles. The summed E-state index contributed by atoms with van der Waals surface area (Å²) in [4.78, 5) is 23.2. The van der Waals surface area contributed by atoms with Gasteiger partial charge in [0.25, 0.3) is 0 Å². The molecule has 2 aromatic carbocycles. The Bertz CT molecular complexity index is 1070. The van der Waals surface area contributed by atoms with Crippen molar-refractivity contribution in [2.75, 3.05) is 50.1 Å². The van der Waals surface area contributed by atoms with Crippen molar-refractivity contribution in [2.24, 2.45) is 0 Å². The van der Waals surface area contributed by atoms with Gasteiger partial charge < -0.3 is 20.1 Å². The predicted octanol–water partition coefficient (Wildman–Crippen LogP) is 4.63. The number of nitrogens with zero attached hydrogens (tertiary/aromatic N) is 3. The molecule has 8 heteroatoms. The molecule has 0 bridgehead atoms. The summed E-state index contributed by atoms with van der Waals surface area (Å²) < 4.78 is 11.4. The van der Waals surface area contributed by atoms with Crippen LogP contribution in [-0.2, 0) is 9.53 Å². The van der Waals surface area contributed by atoms with Gasteiger partial charge in [-0.05, 0) is 30.7 Å². The van der Waals surface area contributed by atoms with Crippen LogP contribution in [0.1, 0.15) is 20.3 Å². The molecule has 0 unspecified atom stereocenters. The molecule has 0 spiro atoms. The lowest BCUT2D eigenvalue weighted by Gasteiger charge is -2.26. The fourth-order valence-corrected chi connectivity index (χ4v) is 3.54. The summed E-state index contributed by atoms with van der Waals surface area (Å²) in [7, 11) is 0. The standard InChI is InChI=1S/C24H27N5O3.C2H6/c1-2-23(30)28-21-15-19-20(25-17-26-24(19)27-18-7-4-3-5-8-18)16-22(21)32-12-6-9-29-10-13-31-14-11-29;1-2/h2-5,7-8,15-17H,1,6,9-14H2,(H,28,30)(H,25,26,27);1-2H3. The van der Waals surface area contributed by atoms with Crippen LogP contribution in [0.5, 0.6) is 5.75 Å². The summed E-state index contributed by atoms with van der Waals surface area (Å²) in [6.45, 7) is 12.5. The molecule has 4 rings (SSSR count). The normalized spacial score (nSPS) is 13.5. The van der Waals surface area contributed by atoms with Crippen molar-refractivity contribution in [1.82, 2.24) is 14.9 Å². The second-order valence-electron chi connectivity index (χ2n) is 7.43. The number of morpholine rings is 1. The molecule has 2 N–H and O–H groups in total. The number of amides is 1. The van der Waals surface area contributed by atoms with Crippen LogP contribution in [0.25, 0.3) is 10.9 Å². The van der Waals surface area contributed by atoms with E-state index in [4.69, 9.17) is 9.47 Å². The molecule has 180 valence electrons. The molecule has 34 heavy (non-hydrogen) atoms. The number of carbonyl (C=O) groups excluding carboxylic acids is 1. The lowest BCUT2D eigenvalue weighted by atomic mass is 10.1. The maximum absolute atomic E-state index is 12.0. The summed E-state index contributed by atoms with van der Waals surface area (Å²) in [6.07, 6.45) is 3.62. The summed E-state index contributed by atoms with van der Waals surface area (Å²) in [5.41, 5.74) is 2.19. The fourth-order valence-electron chi connectivity index (χ4n) is 3.54. The third-order valence-corrected chi connectivity index (χ3v) is 5.20. The van der Waals surface area contributed by atoms with Crippen molar-refractivity contribution in [3.8, 4) is 5.75 Å². The molecule has 8 nitrogen and oxygen atoms in total. The van der Waals surface area contributed by atoms with Gasteiger partial charge in [0.2, 0.25) is 5.91 Å². The van der Waals surface area contributed by atoms with Gasteiger partial charge in [0.05, 0.1) is 31.0 Å². The molecule has 1 amide bonds. The van der Waals surface area contributed by atoms with E-state index in [1.165, 1.54) is 12.4 Å². The molecule has 1 saturated heterocycles. The third-order valence-electron chi connectivity index (χ3n) is 5.20. The summed E-state index contributed by atoms with van der Waals surface area (Å²) in [5, 5.41) is 6.92. The maximum atomic E-state index is 12.0. The Kier molecular flexibility index (Phi) is 9.81. The Hall–Kier alpha value is -3.49. The smallest absolute Gasteiger partial charge is 0.247 e. The van der Waals surface area contributed by atoms with Gasteiger partial charge >= 0.3 is 0 Å². The van der Waals surface area contributed by atoms with Crippen LogP contribution in [0, 0.1) is 0 Å². The Balaban J connectivity index is 0.00000158. The largest absolute Gasteiger partial charge is 0.491 e. The minimum atomic E-state index is -0.308. The lowest BCUT2D eigenvalue weighted by molar-refractivity contribution is -0.111. The van der Waals surface area contributed by atoms with E-state index in [0.717, 1.165) is 55.9 Å². The predicted molar refractivity (Wildman–Crippen MR) is 137 cm³/mol. The number of nitrogens with one attached hydrogen (secondary N) is 2. The minimum absolute atomic E-state index is 0.308. The molecule has 1 aliphatic heterocycles. The Morgan fingerprint density at radius 3 is 2.68 bits per heavy atom. The number of benzene rings is 2. The quantitative estimate of drug-likeness (QED) is 0.353. The van der Waals surface area contributed by atoms with Crippen molar-refractivity contribution in [3.05, 3.63) is 61.4 Å². The van der Waals surface area contributed by atoms with E-state index in [0.29, 0.717) is 23.9 Å². The topological polar surface area (TPSA) is 88.6 Å². The van der Waals surface area contributed by atoms with E-state index in [2.05, 4.69) is 32.1 Å². The monoisotopic (exact) mass is 463 g/mol. The van der Waals surface area contributed by atoms with E-state index in [1.807, 2.05) is 56.3 Å². The van der Waals surface area contributed by atoms with Gasteiger partial charge in [-0.1, -0.05) is 38.6 Å². The summed E-state index contributed by atoms with van der Waals surface area (Å²) >= 11 is 0. The molecule has 1 aromatic heterocycles. The van der Waals surface area contributed by atoms with Crippen LogP contribution < -0.4 is 15.4 Å². The highest BCUT2D eigenvalue weighted by Gasteiger charge is 2.14. The molecular weight excluding hydrogens is 430 g/mol. The first-order chi connectivity index (χ1) is 16.7. The van der Waals surface area contributed by atoms with E-state index >= 15 is 0 Å². The van der Waals surface area contributed by atoms with E-state index in [-0.39, 0.29) is 5.91 Å². The van der Waals surface area contributed by atoms with Crippen LogP contribution in [0.3, 0.4) is 0 Å². The van der Waals surface area contributed by atoms with Crippen molar-refractivity contribution in [1.29, 1.82) is 0 Å². The number of hydrogen-bond acceptors (Lipinski definition) is 7. The number of ether oxygens (including phenoxy) is 2. The van der Waals surface area contributed by atoms with Crippen molar-refractivity contribution >= 4 is 34.0 Å². The number of hydrogen-bond donors (Lipinski definition) is 2. The first-order valence-electron chi connectivity index (χ1n) is 11.7. The van der Waals surface area contributed by atoms with E-state index in [9.17, 15) is 4.79 Å². The average molecular weight is 464 g/mol. The lowest BCUT2D eigenvalue weighted by Crippen LogP contribution is -2.37. The van der Waals surface area contributed by atoms with E-state index < -0.39 is 0 Å².